The smallest absolute Gasteiger partial charge is 0.254 e. The fourth-order valence-electron chi connectivity index (χ4n) is 1.95. The Labute approximate surface area is 124 Å². The first-order valence-electron chi connectivity index (χ1n) is 6.67. The highest BCUT2D eigenvalue weighted by atomic mass is 16.2. The van der Waals surface area contributed by atoms with Crippen LogP contribution in [0.3, 0.4) is 0 Å². The standard InChI is InChI=1S/C18H17NO2/c1-19(2)18(21)16-11-7-6-10-15(16)17(20)13-12-14-8-4-3-5-9-14/h3-13H,1-2H3/b13-12+. The number of rotatable bonds is 4. The molecule has 0 atom stereocenters. The van der Waals surface area contributed by atoms with Crippen molar-refractivity contribution in [1.29, 1.82) is 0 Å². The predicted molar refractivity (Wildman–Crippen MR) is 84.3 cm³/mol. The molecular formula is C18H17NO2. The van der Waals surface area contributed by atoms with Crippen LogP contribution < -0.4 is 0 Å². The highest BCUT2D eigenvalue weighted by molar-refractivity contribution is 6.13. The fraction of sp³-hybridized carbons (Fsp3) is 0.111. The minimum absolute atomic E-state index is 0.174. The molecule has 0 unspecified atom stereocenters. The summed E-state index contributed by atoms with van der Waals surface area (Å²) in [5, 5.41) is 0. The third kappa shape index (κ3) is 3.66. The first-order valence-corrected chi connectivity index (χ1v) is 6.67. The lowest BCUT2D eigenvalue weighted by Crippen LogP contribution is -2.23. The SMILES string of the molecule is CN(C)C(=O)c1ccccc1C(=O)/C=C/c1ccccc1. The van der Waals surface area contributed by atoms with Gasteiger partial charge in [-0.25, -0.2) is 0 Å². The molecule has 0 aromatic heterocycles. The van der Waals surface area contributed by atoms with Crippen LogP contribution in [-0.2, 0) is 0 Å². The highest BCUT2D eigenvalue weighted by Crippen LogP contribution is 2.13. The van der Waals surface area contributed by atoms with Crippen molar-refractivity contribution >= 4 is 17.8 Å². The number of benzene rings is 2. The van der Waals surface area contributed by atoms with Crippen LogP contribution >= 0.6 is 0 Å². The number of amides is 1. The molecular weight excluding hydrogens is 262 g/mol. The molecule has 2 aromatic carbocycles. The summed E-state index contributed by atoms with van der Waals surface area (Å²) in [4.78, 5) is 25.9. The molecule has 3 nitrogen and oxygen atoms in total. The van der Waals surface area contributed by atoms with E-state index in [1.165, 1.54) is 11.0 Å². The van der Waals surface area contributed by atoms with E-state index in [2.05, 4.69) is 0 Å². The third-order valence-corrected chi connectivity index (χ3v) is 3.06. The van der Waals surface area contributed by atoms with Crippen molar-refractivity contribution in [2.75, 3.05) is 14.1 Å². The van der Waals surface area contributed by atoms with Crippen LogP contribution in [0.15, 0.2) is 60.7 Å². The van der Waals surface area contributed by atoms with Gasteiger partial charge in [-0.15, -0.1) is 0 Å². The van der Waals surface area contributed by atoms with Crippen molar-refractivity contribution in [2.45, 2.75) is 0 Å². The average molecular weight is 279 g/mol. The third-order valence-electron chi connectivity index (χ3n) is 3.06. The van der Waals surface area contributed by atoms with Gasteiger partial charge in [-0.05, 0) is 17.7 Å². The summed E-state index contributed by atoms with van der Waals surface area (Å²) < 4.78 is 0. The molecule has 0 radical (unpaired) electrons. The van der Waals surface area contributed by atoms with E-state index in [0.717, 1.165) is 5.56 Å². The molecule has 0 fully saturated rings. The van der Waals surface area contributed by atoms with Crippen molar-refractivity contribution in [3.63, 3.8) is 0 Å². The molecule has 0 aliphatic rings. The molecule has 0 N–H and O–H groups in total. The van der Waals surface area contributed by atoms with Crippen LogP contribution in [0.1, 0.15) is 26.3 Å². The molecule has 0 aliphatic carbocycles. The second kappa shape index (κ2) is 6.66. The molecule has 2 aromatic rings. The lowest BCUT2D eigenvalue weighted by Gasteiger charge is -2.12. The number of allylic oxidation sites excluding steroid dienone is 1. The molecule has 0 heterocycles. The molecule has 106 valence electrons. The zero-order chi connectivity index (χ0) is 15.2. The van der Waals surface area contributed by atoms with Gasteiger partial charge in [0.05, 0.1) is 5.56 Å². The van der Waals surface area contributed by atoms with Crippen LogP contribution in [0.4, 0.5) is 0 Å². The van der Waals surface area contributed by atoms with E-state index in [1.807, 2.05) is 30.3 Å². The van der Waals surface area contributed by atoms with Crippen molar-refractivity contribution in [3.05, 3.63) is 77.4 Å². The lowest BCUT2D eigenvalue weighted by atomic mass is 10.0. The molecule has 2 rings (SSSR count). The normalized spacial score (nSPS) is 10.6. The monoisotopic (exact) mass is 279 g/mol. The van der Waals surface area contributed by atoms with E-state index < -0.39 is 0 Å². The minimum atomic E-state index is -0.176. The van der Waals surface area contributed by atoms with Gasteiger partial charge in [0, 0.05) is 19.7 Å². The topological polar surface area (TPSA) is 37.4 Å². The van der Waals surface area contributed by atoms with E-state index in [1.54, 1.807) is 44.4 Å². The quantitative estimate of drug-likeness (QED) is 0.636. The second-order valence-electron chi connectivity index (χ2n) is 4.85. The van der Waals surface area contributed by atoms with Crippen LogP contribution in [0.5, 0.6) is 0 Å². The van der Waals surface area contributed by atoms with Gasteiger partial charge in [0.25, 0.3) is 5.91 Å². The zero-order valence-electron chi connectivity index (χ0n) is 12.1. The Hall–Kier alpha value is -2.68. The molecule has 0 aliphatic heterocycles. The number of hydrogen-bond acceptors (Lipinski definition) is 2. The summed E-state index contributed by atoms with van der Waals surface area (Å²) in [6, 6.07) is 16.4. The van der Waals surface area contributed by atoms with Crippen molar-refractivity contribution in [1.82, 2.24) is 4.90 Å². The van der Waals surface area contributed by atoms with E-state index >= 15 is 0 Å². The maximum absolute atomic E-state index is 12.3. The molecule has 0 saturated heterocycles. The average Bonchev–Trinajstić information content (AvgIpc) is 2.52. The largest absolute Gasteiger partial charge is 0.345 e. The van der Waals surface area contributed by atoms with Gasteiger partial charge in [-0.2, -0.15) is 0 Å². The molecule has 0 saturated carbocycles. The van der Waals surface area contributed by atoms with Crippen molar-refractivity contribution in [2.24, 2.45) is 0 Å². The second-order valence-corrected chi connectivity index (χ2v) is 4.85. The Balaban J connectivity index is 2.28. The Kier molecular flexibility index (Phi) is 4.67. The molecule has 0 spiro atoms. The Morgan fingerprint density at radius 2 is 1.43 bits per heavy atom. The summed E-state index contributed by atoms with van der Waals surface area (Å²) in [7, 11) is 3.34. The maximum Gasteiger partial charge on any atom is 0.254 e. The summed E-state index contributed by atoms with van der Waals surface area (Å²) in [5.74, 6) is -0.350. The van der Waals surface area contributed by atoms with Gasteiger partial charge in [0.2, 0.25) is 0 Å². The Morgan fingerprint density at radius 1 is 0.857 bits per heavy atom. The van der Waals surface area contributed by atoms with Crippen LogP contribution in [0.25, 0.3) is 6.08 Å². The minimum Gasteiger partial charge on any atom is -0.345 e. The van der Waals surface area contributed by atoms with Gasteiger partial charge >= 0.3 is 0 Å². The van der Waals surface area contributed by atoms with Gasteiger partial charge in [-0.3, -0.25) is 9.59 Å². The number of carbonyl (C=O) groups excluding carboxylic acids is 2. The first-order chi connectivity index (χ1) is 10.1. The van der Waals surface area contributed by atoms with E-state index in [4.69, 9.17) is 0 Å². The first kappa shape index (κ1) is 14.7. The van der Waals surface area contributed by atoms with Crippen LogP contribution in [0.2, 0.25) is 0 Å². The Morgan fingerprint density at radius 3 is 2.05 bits per heavy atom. The lowest BCUT2D eigenvalue weighted by molar-refractivity contribution is 0.0822. The Bertz CT molecular complexity index is 673. The highest BCUT2D eigenvalue weighted by Gasteiger charge is 2.15. The summed E-state index contributed by atoms with van der Waals surface area (Å²) in [6.07, 6.45) is 3.25. The zero-order valence-corrected chi connectivity index (χ0v) is 12.1. The summed E-state index contributed by atoms with van der Waals surface area (Å²) in [6.45, 7) is 0. The maximum atomic E-state index is 12.3. The molecule has 0 bridgehead atoms. The number of nitrogens with zero attached hydrogens (tertiary/aromatic N) is 1. The number of carbonyl (C=O) groups is 2. The van der Waals surface area contributed by atoms with Crippen LogP contribution in [0, 0.1) is 0 Å². The van der Waals surface area contributed by atoms with Gasteiger partial charge < -0.3 is 4.90 Å². The molecule has 21 heavy (non-hydrogen) atoms. The predicted octanol–water partition coefficient (Wildman–Crippen LogP) is 3.28. The summed E-state index contributed by atoms with van der Waals surface area (Å²) >= 11 is 0. The van der Waals surface area contributed by atoms with Crippen molar-refractivity contribution < 1.29 is 9.59 Å². The van der Waals surface area contributed by atoms with E-state index in [-0.39, 0.29) is 11.7 Å². The van der Waals surface area contributed by atoms with Gasteiger partial charge in [0.15, 0.2) is 5.78 Å². The number of ketones is 1. The molecule has 1 amide bonds. The van der Waals surface area contributed by atoms with Gasteiger partial charge in [0.1, 0.15) is 0 Å². The van der Waals surface area contributed by atoms with E-state index in [9.17, 15) is 9.59 Å². The molecule has 3 heteroatoms. The number of hydrogen-bond donors (Lipinski definition) is 0. The van der Waals surface area contributed by atoms with Crippen LogP contribution in [-0.4, -0.2) is 30.7 Å². The van der Waals surface area contributed by atoms with Crippen molar-refractivity contribution in [3.8, 4) is 0 Å². The van der Waals surface area contributed by atoms with Gasteiger partial charge in [-0.1, -0.05) is 54.6 Å². The fourth-order valence-corrected chi connectivity index (χ4v) is 1.95. The summed E-state index contributed by atoms with van der Waals surface area (Å²) in [5.41, 5.74) is 1.79. The van der Waals surface area contributed by atoms with E-state index in [0.29, 0.717) is 11.1 Å².